The number of hydrogen-bond donors (Lipinski definition) is 2. The van der Waals surface area contributed by atoms with Gasteiger partial charge in [-0.05, 0) is 39.2 Å². The van der Waals surface area contributed by atoms with E-state index in [9.17, 15) is 0 Å². The highest BCUT2D eigenvalue weighted by Crippen LogP contribution is 2.31. The van der Waals surface area contributed by atoms with E-state index in [0.29, 0.717) is 18.0 Å². The van der Waals surface area contributed by atoms with Crippen molar-refractivity contribution in [3.8, 4) is 0 Å². The summed E-state index contributed by atoms with van der Waals surface area (Å²) in [6.07, 6.45) is 4.73. The zero-order valence-corrected chi connectivity index (χ0v) is 13.7. The highest BCUT2D eigenvalue weighted by molar-refractivity contribution is 7.18. The van der Waals surface area contributed by atoms with Crippen molar-refractivity contribution in [3.63, 3.8) is 0 Å². The van der Waals surface area contributed by atoms with Crippen molar-refractivity contribution in [1.82, 2.24) is 15.0 Å². The maximum atomic E-state index is 5.88. The molecule has 3 rings (SSSR count). The summed E-state index contributed by atoms with van der Waals surface area (Å²) < 4.78 is 0. The molecule has 0 saturated carbocycles. The van der Waals surface area contributed by atoms with Gasteiger partial charge in [-0.3, -0.25) is 0 Å². The average molecular weight is 305 g/mol. The first-order chi connectivity index (χ1) is 10.1. The number of anilines is 2. The Bertz CT molecular complexity index is 628. The Labute approximate surface area is 129 Å². The Kier molecular flexibility index (Phi) is 3.99. The molecule has 6 heteroatoms. The summed E-state index contributed by atoms with van der Waals surface area (Å²) >= 11 is 1.70. The van der Waals surface area contributed by atoms with Crippen LogP contribution in [0.2, 0.25) is 0 Å². The monoisotopic (exact) mass is 305 g/mol. The van der Waals surface area contributed by atoms with Gasteiger partial charge in [0.15, 0.2) is 5.82 Å². The number of piperidine rings is 1. The molecule has 0 aliphatic carbocycles. The van der Waals surface area contributed by atoms with Crippen LogP contribution in [0.15, 0.2) is 6.07 Å². The van der Waals surface area contributed by atoms with Crippen molar-refractivity contribution in [2.45, 2.75) is 58.5 Å². The number of hydrogen-bond acceptors (Lipinski definition) is 6. The molecule has 0 bridgehead atoms. The standard InChI is InChI=1S/C15H23N5S/c1-4-11-8-12-13(17-15(16)18-14(12)21-11)19-20-9(2)6-5-7-10(20)3/h8-10H,4-7H2,1-3H3,(H3,16,17,18,19). The van der Waals surface area contributed by atoms with Crippen LogP contribution in [0.3, 0.4) is 0 Å². The van der Waals surface area contributed by atoms with Gasteiger partial charge >= 0.3 is 0 Å². The van der Waals surface area contributed by atoms with Crippen LogP contribution >= 0.6 is 11.3 Å². The van der Waals surface area contributed by atoms with E-state index in [1.165, 1.54) is 24.1 Å². The lowest BCUT2D eigenvalue weighted by Crippen LogP contribution is -2.47. The first-order valence-corrected chi connectivity index (χ1v) is 8.51. The number of rotatable bonds is 3. The highest BCUT2D eigenvalue weighted by atomic mass is 32.1. The van der Waals surface area contributed by atoms with Gasteiger partial charge in [0, 0.05) is 17.0 Å². The molecule has 2 atom stereocenters. The Morgan fingerprint density at radius 3 is 2.71 bits per heavy atom. The van der Waals surface area contributed by atoms with Gasteiger partial charge < -0.3 is 11.2 Å². The van der Waals surface area contributed by atoms with E-state index >= 15 is 0 Å². The fourth-order valence-electron chi connectivity index (χ4n) is 3.01. The van der Waals surface area contributed by atoms with E-state index < -0.39 is 0 Å². The fourth-order valence-corrected chi connectivity index (χ4v) is 3.99. The molecule has 3 heterocycles. The second kappa shape index (κ2) is 5.77. The predicted molar refractivity (Wildman–Crippen MR) is 89.4 cm³/mol. The summed E-state index contributed by atoms with van der Waals surface area (Å²) in [5.74, 6) is 1.18. The largest absolute Gasteiger partial charge is 0.368 e. The van der Waals surface area contributed by atoms with E-state index in [1.807, 2.05) is 0 Å². The van der Waals surface area contributed by atoms with E-state index in [1.54, 1.807) is 11.3 Å². The van der Waals surface area contributed by atoms with Gasteiger partial charge in [0.25, 0.3) is 0 Å². The van der Waals surface area contributed by atoms with Gasteiger partial charge in [-0.1, -0.05) is 13.3 Å². The minimum atomic E-state index is 0.340. The Hall–Kier alpha value is -1.40. The van der Waals surface area contributed by atoms with Crippen molar-refractivity contribution in [3.05, 3.63) is 10.9 Å². The van der Waals surface area contributed by atoms with Crippen molar-refractivity contribution in [2.75, 3.05) is 11.2 Å². The molecule has 2 aromatic heterocycles. The first-order valence-electron chi connectivity index (χ1n) is 7.69. The maximum Gasteiger partial charge on any atom is 0.223 e. The number of aryl methyl sites for hydroxylation is 1. The maximum absolute atomic E-state index is 5.88. The Morgan fingerprint density at radius 2 is 2.05 bits per heavy atom. The van der Waals surface area contributed by atoms with Gasteiger partial charge in [-0.15, -0.1) is 11.3 Å². The molecule has 114 valence electrons. The molecule has 5 nitrogen and oxygen atoms in total. The Balaban J connectivity index is 1.97. The molecule has 1 saturated heterocycles. The average Bonchev–Trinajstić information content (AvgIpc) is 2.86. The molecular weight excluding hydrogens is 282 g/mol. The zero-order chi connectivity index (χ0) is 15.0. The molecular formula is C15H23N5S. The molecule has 1 aliphatic heterocycles. The lowest BCUT2D eigenvalue weighted by Gasteiger charge is -2.39. The van der Waals surface area contributed by atoms with Crippen LogP contribution < -0.4 is 11.2 Å². The smallest absolute Gasteiger partial charge is 0.223 e. The number of nitrogen functional groups attached to an aromatic ring is 1. The number of hydrazine groups is 1. The van der Waals surface area contributed by atoms with Crippen LogP contribution in [0.5, 0.6) is 0 Å². The van der Waals surface area contributed by atoms with Gasteiger partial charge in [0.05, 0.1) is 5.39 Å². The molecule has 0 aromatic carbocycles. The fraction of sp³-hybridized carbons (Fsp3) is 0.600. The van der Waals surface area contributed by atoms with Gasteiger partial charge in [-0.25, -0.2) is 9.99 Å². The minimum absolute atomic E-state index is 0.340. The molecule has 1 aliphatic rings. The second-order valence-electron chi connectivity index (χ2n) is 5.86. The summed E-state index contributed by atoms with van der Waals surface area (Å²) in [5, 5.41) is 3.39. The lowest BCUT2D eigenvalue weighted by atomic mass is 10.00. The summed E-state index contributed by atoms with van der Waals surface area (Å²) in [7, 11) is 0. The topological polar surface area (TPSA) is 67.1 Å². The van der Waals surface area contributed by atoms with Gasteiger partial charge in [0.1, 0.15) is 4.83 Å². The van der Waals surface area contributed by atoms with Crippen LogP contribution in [-0.4, -0.2) is 27.1 Å². The van der Waals surface area contributed by atoms with Crippen LogP contribution in [0.4, 0.5) is 11.8 Å². The Morgan fingerprint density at radius 1 is 1.33 bits per heavy atom. The molecule has 1 fully saturated rings. The van der Waals surface area contributed by atoms with E-state index in [2.05, 4.69) is 47.2 Å². The minimum Gasteiger partial charge on any atom is -0.368 e. The second-order valence-corrected chi connectivity index (χ2v) is 6.98. The number of thiophene rings is 1. The van der Waals surface area contributed by atoms with E-state index in [4.69, 9.17) is 5.73 Å². The van der Waals surface area contributed by atoms with Crippen LogP contribution in [0, 0.1) is 0 Å². The number of nitrogens with zero attached hydrogens (tertiary/aromatic N) is 3. The van der Waals surface area contributed by atoms with Crippen molar-refractivity contribution in [2.24, 2.45) is 0 Å². The predicted octanol–water partition coefficient (Wildman–Crippen LogP) is 3.43. The number of aromatic nitrogens is 2. The van der Waals surface area contributed by atoms with Crippen molar-refractivity contribution in [1.29, 1.82) is 0 Å². The summed E-state index contributed by atoms with van der Waals surface area (Å²) in [6, 6.07) is 3.19. The molecule has 3 N–H and O–H groups in total. The van der Waals surface area contributed by atoms with Gasteiger partial charge in [0.2, 0.25) is 5.95 Å². The number of nitrogens with one attached hydrogen (secondary N) is 1. The van der Waals surface area contributed by atoms with Crippen LogP contribution in [0.1, 0.15) is 44.9 Å². The zero-order valence-electron chi connectivity index (χ0n) is 12.9. The summed E-state index contributed by atoms with van der Waals surface area (Å²) in [5.41, 5.74) is 9.39. The quantitative estimate of drug-likeness (QED) is 0.909. The lowest BCUT2D eigenvalue weighted by molar-refractivity contribution is 0.135. The number of fused-ring (bicyclic) bond motifs is 1. The van der Waals surface area contributed by atoms with E-state index in [0.717, 1.165) is 22.5 Å². The third kappa shape index (κ3) is 2.82. The first kappa shape index (κ1) is 14.5. The number of nitrogens with two attached hydrogens (primary N) is 1. The molecule has 0 spiro atoms. The molecule has 0 amide bonds. The molecule has 0 radical (unpaired) electrons. The summed E-state index contributed by atoms with van der Waals surface area (Å²) in [6.45, 7) is 6.67. The van der Waals surface area contributed by atoms with Crippen molar-refractivity contribution < 1.29 is 0 Å². The van der Waals surface area contributed by atoms with Crippen LogP contribution in [0.25, 0.3) is 10.2 Å². The molecule has 21 heavy (non-hydrogen) atoms. The molecule has 2 aromatic rings. The third-order valence-corrected chi connectivity index (χ3v) is 5.41. The molecule has 2 unspecified atom stereocenters. The van der Waals surface area contributed by atoms with Crippen molar-refractivity contribution >= 4 is 33.3 Å². The highest BCUT2D eigenvalue weighted by Gasteiger charge is 2.25. The SMILES string of the molecule is CCc1cc2c(NN3C(C)CCCC3C)nc(N)nc2s1. The van der Waals surface area contributed by atoms with Crippen LogP contribution in [-0.2, 0) is 6.42 Å². The van der Waals surface area contributed by atoms with E-state index in [-0.39, 0.29) is 0 Å². The van der Waals surface area contributed by atoms with Gasteiger partial charge in [-0.2, -0.15) is 4.98 Å². The third-order valence-electron chi connectivity index (χ3n) is 4.24. The summed E-state index contributed by atoms with van der Waals surface area (Å²) in [4.78, 5) is 11.1. The normalized spacial score (nSPS) is 23.6.